The summed E-state index contributed by atoms with van der Waals surface area (Å²) in [6, 6.07) is 5.74. The maximum atomic E-state index is 11.1. The number of benzene rings is 1. The quantitative estimate of drug-likeness (QED) is 0.893. The number of ether oxygens (including phenoxy) is 2. The van der Waals surface area contributed by atoms with Gasteiger partial charge in [0.05, 0.1) is 19.4 Å². The number of hydrogen-bond donors (Lipinski definition) is 1. The molecule has 0 saturated heterocycles. The van der Waals surface area contributed by atoms with Crippen molar-refractivity contribution < 1.29 is 14.3 Å². The highest BCUT2D eigenvalue weighted by Gasteiger charge is 2.17. The Morgan fingerprint density at radius 3 is 3.06 bits per heavy atom. The number of aliphatic imine (C=N–C) groups is 1. The maximum Gasteiger partial charge on any atom is 0.412 e. The van der Waals surface area contributed by atoms with Crippen LogP contribution in [0.25, 0.3) is 0 Å². The molecule has 0 unspecified atom stereocenters. The topological polar surface area (TPSA) is 59.9 Å². The molecule has 1 aromatic carbocycles. The van der Waals surface area contributed by atoms with Gasteiger partial charge in [-0.05, 0) is 30.2 Å². The summed E-state index contributed by atoms with van der Waals surface area (Å²) in [6.45, 7) is 2.77. The molecule has 1 heterocycles. The maximum absolute atomic E-state index is 11.1. The summed E-state index contributed by atoms with van der Waals surface area (Å²) in [4.78, 5) is 15.4. The van der Waals surface area contributed by atoms with Crippen molar-refractivity contribution in [1.29, 1.82) is 0 Å². The first-order chi connectivity index (χ1) is 8.72. The van der Waals surface area contributed by atoms with Gasteiger partial charge in [0.15, 0.2) is 0 Å². The fraction of sp³-hybridized carbons (Fsp3) is 0.385. The molecule has 1 aromatic rings. The lowest BCUT2D eigenvalue weighted by atomic mass is 10.1. The number of hydrogen-bond acceptors (Lipinski definition) is 4. The first-order valence-electron chi connectivity index (χ1n) is 5.91. The van der Waals surface area contributed by atoms with Crippen molar-refractivity contribution in [2.45, 2.75) is 19.8 Å². The average Bonchev–Trinajstić information content (AvgIpc) is 2.77. The van der Waals surface area contributed by atoms with E-state index in [1.165, 1.54) is 7.11 Å². The van der Waals surface area contributed by atoms with Crippen LogP contribution in [0.3, 0.4) is 0 Å². The minimum absolute atomic E-state index is 0.496. The summed E-state index contributed by atoms with van der Waals surface area (Å²) in [5.74, 6) is 1.44. The van der Waals surface area contributed by atoms with Gasteiger partial charge < -0.3 is 9.47 Å². The molecule has 1 amide bonds. The van der Waals surface area contributed by atoms with E-state index in [2.05, 4.69) is 22.0 Å². The molecule has 18 heavy (non-hydrogen) atoms. The van der Waals surface area contributed by atoms with Crippen LogP contribution in [-0.4, -0.2) is 25.6 Å². The summed E-state index contributed by atoms with van der Waals surface area (Å²) >= 11 is 0. The molecule has 1 aliphatic rings. The van der Waals surface area contributed by atoms with Crippen molar-refractivity contribution in [3.8, 4) is 5.75 Å². The smallest absolute Gasteiger partial charge is 0.412 e. The predicted octanol–water partition coefficient (Wildman–Crippen LogP) is 2.42. The molecular weight excluding hydrogens is 232 g/mol. The van der Waals surface area contributed by atoms with Gasteiger partial charge >= 0.3 is 6.09 Å². The third-order valence-electron chi connectivity index (χ3n) is 2.57. The highest BCUT2D eigenvalue weighted by Crippen LogP contribution is 2.29. The fourth-order valence-electron chi connectivity index (χ4n) is 1.73. The molecule has 5 nitrogen and oxygen atoms in total. The Kier molecular flexibility index (Phi) is 3.82. The van der Waals surface area contributed by atoms with Gasteiger partial charge in [-0.25, -0.2) is 9.79 Å². The number of amidine groups is 1. The summed E-state index contributed by atoms with van der Waals surface area (Å²) in [7, 11) is 1.33. The van der Waals surface area contributed by atoms with Crippen molar-refractivity contribution in [2.24, 2.45) is 4.99 Å². The van der Waals surface area contributed by atoms with Gasteiger partial charge in [0.1, 0.15) is 11.6 Å². The second-order valence-corrected chi connectivity index (χ2v) is 3.99. The van der Waals surface area contributed by atoms with Crippen LogP contribution in [0.4, 0.5) is 10.5 Å². The molecule has 2 rings (SSSR count). The molecule has 0 aromatic heterocycles. The Labute approximate surface area is 106 Å². The van der Waals surface area contributed by atoms with E-state index in [1.54, 1.807) is 0 Å². The second kappa shape index (κ2) is 5.53. The Morgan fingerprint density at radius 2 is 2.33 bits per heavy atom. The largest absolute Gasteiger partial charge is 0.494 e. The molecule has 5 heteroatoms. The van der Waals surface area contributed by atoms with Crippen LogP contribution in [-0.2, 0) is 11.2 Å². The molecule has 1 aliphatic heterocycles. The lowest BCUT2D eigenvalue weighted by Crippen LogP contribution is -2.30. The number of amides is 1. The first kappa shape index (κ1) is 12.4. The van der Waals surface area contributed by atoms with Gasteiger partial charge in [-0.3, -0.25) is 5.32 Å². The Bertz CT molecular complexity index is 483. The van der Waals surface area contributed by atoms with E-state index in [-0.39, 0.29) is 0 Å². The number of methoxy groups -OCH3 is 1. The van der Waals surface area contributed by atoms with Crippen LogP contribution in [0, 0.1) is 0 Å². The van der Waals surface area contributed by atoms with Crippen molar-refractivity contribution in [1.82, 2.24) is 5.32 Å². The van der Waals surface area contributed by atoms with Gasteiger partial charge in [0.25, 0.3) is 0 Å². The fourth-order valence-corrected chi connectivity index (χ4v) is 1.73. The standard InChI is InChI=1S/C13H16N2O3/c1-3-6-18-10-4-5-11-9(7-10)8-12(14-11)15-13(16)17-2/h4-5,7H,3,6,8H2,1-2H3,(H,14,15,16). The van der Waals surface area contributed by atoms with Crippen LogP contribution < -0.4 is 10.1 Å². The third kappa shape index (κ3) is 2.80. The van der Waals surface area contributed by atoms with E-state index in [1.807, 2.05) is 18.2 Å². The summed E-state index contributed by atoms with van der Waals surface area (Å²) in [5, 5.41) is 2.59. The van der Waals surface area contributed by atoms with Gasteiger partial charge in [-0.2, -0.15) is 0 Å². The third-order valence-corrected chi connectivity index (χ3v) is 2.57. The number of carbonyl (C=O) groups is 1. The summed E-state index contributed by atoms with van der Waals surface area (Å²) < 4.78 is 10.1. The van der Waals surface area contributed by atoms with E-state index in [4.69, 9.17) is 4.74 Å². The number of fused-ring (bicyclic) bond motifs is 1. The Morgan fingerprint density at radius 1 is 1.50 bits per heavy atom. The first-order valence-corrected chi connectivity index (χ1v) is 5.91. The van der Waals surface area contributed by atoms with Gasteiger partial charge in [-0.1, -0.05) is 6.92 Å². The number of nitrogens with zero attached hydrogens (tertiary/aromatic N) is 1. The molecule has 0 radical (unpaired) electrons. The zero-order valence-electron chi connectivity index (χ0n) is 10.5. The Balaban J connectivity index is 2.04. The SMILES string of the molecule is CCCOc1ccc2c(c1)CC(NC(=O)OC)=N2. The van der Waals surface area contributed by atoms with Gasteiger partial charge in [-0.15, -0.1) is 0 Å². The Hall–Kier alpha value is -2.04. The summed E-state index contributed by atoms with van der Waals surface area (Å²) in [5.41, 5.74) is 1.92. The molecular formula is C13H16N2O3. The summed E-state index contributed by atoms with van der Waals surface area (Å²) in [6.07, 6.45) is 1.07. The average molecular weight is 248 g/mol. The van der Waals surface area contributed by atoms with Gasteiger partial charge in [0.2, 0.25) is 0 Å². The molecule has 1 N–H and O–H groups in total. The molecule has 0 spiro atoms. The number of nitrogens with one attached hydrogen (secondary N) is 1. The van der Waals surface area contributed by atoms with E-state index < -0.39 is 6.09 Å². The van der Waals surface area contributed by atoms with Crippen molar-refractivity contribution >= 4 is 17.6 Å². The van der Waals surface area contributed by atoms with Crippen molar-refractivity contribution in [2.75, 3.05) is 13.7 Å². The van der Waals surface area contributed by atoms with Crippen LogP contribution >= 0.6 is 0 Å². The molecule has 0 saturated carbocycles. The lowest BCUT2D eigenvalue weighted by molar-refractivity contribution is 0.176. The number of carbonyl (C=O) groups excluding carboxylic acids is 1. The zero-order chi connectivity index (χ0) is 13.0. The van der Waals surface area contributed by atoms with Crippen LogP contribution in [0.1, 0.15) is 18.9 Å². The minimum atomic E-state index is -0.496. The van der Waals surface area contributed by atoms with E-state index in [9.17, 15) is 4.79 Å². The highest BCUT2D eigenvalue weighted by atomic mass is 16.5. The van der Waals surface area contributed by atoms with Crippen molar-refractivity contribution in [3.63, 3.8) is 0 Å². The second-order valence-electron chi connectivity index (χ2n) is 3.99. The van der Waals surface area contributed by atoms with Gasteiger partial charge in [0, 0.05) is 6.42 Å². The molecule has 0 atom stereocenters. The van der Waals surface area contributed by atoms with Crippen LogP contribution in [0.5, 0.6) is 5.75 Å². The number of alkyl carbamates (subject to hydrolysis) is 1. The van der Waals surface area contributed by atoms with E-state index in [0.717, 1.165) is 23.4 Å². The van der Waals surface area contributed by atoms with E-state index in [0.29, 0.717) is 18.9 Å². The van der Waals surface area contributed by atoms with Crippen LogP contribution in [0.15, 0.2) is 23.2 Å². The highest BCUT2D eigenvalue weighted by molar-refractivity contribution is 6.00. The monoisotopic (exact) mass is 248 g/mol. The number of rotatable bonds is 3. The van der Waals surface area contributed by atoms with Crippen LogP contribution in [0.2, 0.25) is 0 Å². The molecule has 96 valence electrons. The van der Waals surface area contributed by atoms with E-state index >= 15 is 0 Å². The molecule has 0 aliphatic carbocycles. The molecule has 0 fully saturated rings. The predicted molar refractivity (Wildman–Crippen MR) is 68.6 cm³/mol. The van der Waals surface area contributed by atoms with Crippen molar-refractivity contribution in [3.05, 3.63) is 23.8 Å². The minimum Gasteiger partial charge on any atom is -0.494 e. The zero-order valence-corrected chi connectivity index (χ0v) is 10.5. The normalized spacial score (nSPS) is 12.7. The lowest BCUT2D eigenvalue weighted by Gasteiger charge is -2.05. The molecule has 0 bridgehead atoms.